The molecule has 2 heterocycles. The molecule has 0 saturated heterocycles. The number of ether oxygens (including phenoxy) is 1. The number of alkyl halides is 2. The molecule has 134 valence electrons. The SMILES string of the molecule is Cc1cnc(C[S+]([O-])c2nc3cc(OC(F)F)ccc3[nH]2)c(C)c1O.[Na].[Na]. The fourth-order valence-electron chi connectivity index (χ4n) is 2.35. The Morgan fingerprint density at radius 1 is 1.30 bits per heavy atom. The van der Waals surface area contributed by atoms with Crippen molar-refractivity contribution in [2.45, 2.75) is 31.4 Å². The molecule has 2 aromatic heterocycles. The summed E-state index contributed by atoms with van der Waals surface area (Å²) in [6, 6.07) is 4.25. The van der Waals surface area contributed by atoms with Crippen molar-refractivity contribution < 1.29 is 23.2 Å². The van der Waals surface area contributed by atoms with Gasteiger partial charge in [-0.15, -0.1) is 0 Å². The molecule has 0 aliphatic rings. The largest absolute Gasteiger partial charge is 0.609 e. The first kappa shape index (κ1) is 24.6. The quantitative estimate of drug-likeness (QED) is 0.495. The van der Waals surface area contributed by atoms with Gasteiger partial charge in [0.05, 0.1) is 16.7 Å². The predicted molar refractivity (Wildman–Crippen MR) is 99.7 cm³/mol. The van der Waals surface area contributed by atoms with Gasteiger partial charge < -0.3 is 14.4 Å². The Morgan fingerprint density at radius 3 is 2.67 bits per heavy atom. The monoisotopic (exact) mass is 413 g/mol. The van der Waals surface area contributed by atoms with Crippen molar-refractivity contribution in [2.75, 3.05) is 0 Å². The molecular formula is C16H15F2N3Na2O3S. The second kappa shape index (κ2) is 10.4. The molecule has 6 nitrogen and oxygen atoms in total. The number of rotatable bonds is 5. The van der Waals surface area contributed by atoms with E-state index in [1.807, 2.05) is 0 Å². The summed E-state index contributed by atoms with van der Waals surface area (Å²) in [5.74, 6) is 0.174. The average Bonchev–Trinajstić information content (AvgIpc) is 2.98. The van der Waals surface area contributed by atoms with Crippen LogP contribution in [0.2, 0.25) is 0 Å². The van der Waals surface area contributed by atoms with E-state index in [0.29, 0.717) is 27.9 Å². The second-order valence-corrected chi connectivity index (χ2v) is 6.82. The number of aromatic hydroxyl groups is 1. The van der Waals surface area contributed by atoms with Crippen molar-refractivity contribution in [3.05, 3.63) is 41.2 Å². The summed E-state index contributed by atoms with van der Waals surface area (Å²) in [4.78, 5) is 11.3. The van der Waals surface area contributed by atoms with E-state index in [4.69, 9.17) is 0 Å². The van der Waals surface area contributed by atoms with E-state index < -0.39 is 17.8 Å². The van der Waals surface area contributed by atoms with Crippen LogP contribution in [0.3, 0.4) is 0 Å². The first-order chi connectivity index (χ1) is 11.8. The molecular weight excluding hydrogens is 398 g/mol. The molecule has 27 heavy (non-hydrogen) atoms. The molecule has 1 atom stereocenters. The first-order valence-electron chi connectivity index (χ1n) is 7.32. The van der Waals surface area contributed by atoms with Gasteiger partial charge in [-0.2, -0.15) is 13.8 Å². The van der Waals surface area contributed by atoms with E-state index in [1.165, 1.54) is 24.4 Å². The number of halogens is 2. The van der Waals surface area contributed by atoms with Gasteiger partial charge >= 0.3 is 11.8 Å². The minimum absolute atomic E-state index is 0. The Bertz CT molecular complexity index is 927. The second-order valence-electron chi connectivity index (χ2n) is 5.45. The summed E-state index contributed by atoms with van der Waals surface area (Å²) >= 11 is -1.54. The fraction of sp³-hybridized carbons (Fsp3) is 0.250. The molecule has 3 aromatic rings. The van der Waals surface area contributed by atoms with Crippen molar-refractivity contribution in [1.82, 2.24) is 15.0 Å². The summed E-state index contributed by atoms with van der Waals surface area (Å²) in [5, 5.41) is 10.1. The molecule has 0 aliphatic heterocycles. The van der Waals surface area contributed by atoms with Crippen molar-refractivity contribution in [3.63, 3.8) is 0 Å². The smallest absolute Gasteiger partial charge is 0.387 e. The van der Waals surface area contributed by atoms with E-state index in [2.05, 4.69) is 19.7 Å². The van der Waals surface area contributed by atoms with Gasteiger partial charge in [0.15, 0.2) is 5.75 Å². The van der Waals surface area contributed by atoms with Gasteiger partial charge in [0.25, 0.3) is 0 Å². The normalized spacial score (nSPS) is 11.8. The standard InChI is InChI=1S/C16H15F2N3O3S.2Na/c1-8-6-19-13(9(2)14(8)22)7-25(23)16-20-11-4-3-10(24-15(17)18)5-12(11)21-16;;/h3-6,15H,7H2,1-2H3,(H,19,22)(H,20,21);;. The van der Waals surface area contributed by atoms with Crippen LogP contribution in [0.25, 0.3) is 11.0 Å². The fourth-order valence-corrected chi connectivity index (χ4v) is 3.45. The van der Waals surface area contributed by atoms with Crippen LogP contribution in [0, 0.1) is 13.8 Å². The minimum atomic E-state index is -2.92. The molecule has 0 fully saturated rings. The van der Waals surface area contributed by atoms with Crippen molar-refractivity contribution in [1.29, 1.82) is 0 Å². The number of imidazole rings is 1. The van der Waals surface area contributed by atoms with Crippen LogP contribution >= 0.6 is 0 Å². The third kappa shape index (κ3) is 5.80. The summed E-state index contributed by atoms with van der Waals surface area (Å²) in [7, 11) is 0. The van der Waals surface area contributed by atoms with Crippen molar-refractivity contribution in [2.24, 2.45) is 0 Å². The Morgan fingerprint density at radius 2 is 2.00 bits per heavy atom. The third-order valence-electron chi connectivity index (χ3n) is 3.72. The van der Waals surface area contributed by atoms with E-state index >= 15 is 0 Å². The third-order valence-corrected chi connectivity index (χ3v) is 4.88. The van der Waals surface area contributed by atoms with Crippen LogP contribution in [-0.4, -0.2) is 90.3 Å². The van der Waals surface area contributed by atoms with Gasteiger partial charge in [0.2, 0.25) is 0 Å². The number of benzene rings is 1. The van der Waals surface area contributed by atoms with Crippen LogP contribution in [-0.2, 0) is 16.9 Å². The number of hydrogen-bond acceptors (Lipinski definition) is 5. The van der Waals surface area contributed by atoms with Crippen LogP contribution in [0.4, 0.5) is 8.78 Å². The predicted octanol–water partition coefficient (Wildman–Crippen LogP) is 2.43. The van der Waals surface area contributed by atoms with Gasteiger partial charge in [0, 0.05) is 93.7 Å². The number of nitrogens with one attached hydrogen (secondary N) is 1. The van der Waals surface area contributed by atoms with E-state index in [9.17, 15) is 18.4 Å². The summed E-state index contributed by atoms with van der Waals surface area (Å²) in [6.07, 6.45) is 1.52. The number of H-pyrrole nitrogens is 1. The van der Waals surface area contributed by atoms with Gasteiger partial charge in [-0.25, -0.2) is 0 Å². The maximum atomic E-state index is 12.5. The molecule has 1 unspecified atom stereocenters. The summed E-state index contributed by atoms with van der Waals surface area (Å²) < 4.78 is 41.4. The Hall–Kier alpha value is -0.390. The first-order valence-corrected chi connectivity index (χ1v) is 8.64. The summed E-state index contributed by atoms with van der Waals surface area (Å²) in [6.45, 7) is 0.510. The number of aromatic nitrogens is 3. The topological polar surface area (TPSA) is 94.1 Å². The van der Waals surface area contributed by atoms with Crippen LogP contribution in [0.5, 0.6) is 11.5 Å². The number of aromatic amines is 1. The van der Waals surface area contributed by atoms with Gasteiger partial charge in [-0.1, -0.05) is 0 Å². The molecule has 3 rings (SSSR count). The Kier molecular flexibility index (Phi) is 9.50. The molecule has 0 bridgehead atoms. The number of nitrogens with zero attached hydrogens (tertiary/aromatic N) is 2. The minimum Gasteiger partial charge on any atom is -0.609 e. The zero-order valence-electron chi connectivity index (χ0n) is 15.4. The number of hydrogen-bond donors (Lipinski definition) is 2. The Balaban J connectivity index is 0.00000182. The molecule has 0 aliphatic carbocycles. The molecule has 2 N–H and O–H groups in total. The zero-order chi connectivity index (χ0) is 18.1. The van der Waals surface area contributed by atoms with Crippen LogP contribution in [0.15, 0.2) is 29.6 Å². The molecule has 0 amide bonds. The average molecular weight is 413 g/mol. The van der Waals surface area contributed by atoms with Crippen molar-refractivity contribution in [3.8, 4) is 11.5 Å². The molecule has 2 radical (unpaired) electrons. The van der Waals surface area contributed by atoms with Crippen molar-refractivity contribution >= 4 is 81.3 Å². The van der Waals surface area contributed by atoms with E-state index in [1.54, 1.807) is 13.8 Å². The maximum absolute atomic E-state index is 12.5. The maximum Gasteiger partial charge on any atom is 0.387 e. The summed E-state index contributed by atoms with van der Waals surface area (Å²) in [5.41, 5.74) is 2.64. The Labute approximate surface area is 201 Å². The number of aryl methyl sites for hydroxylation is 1. The van der Waals surface area contributed by atoms with Crippen LogP contribution < -0.4 is 4.74 Å². The van der Waals surface area contributed by atoms with Gasteiger partial charge in [0.1, 0.15) is 11.5 Å². The molecule has 1 aromatic carbocycles. The number of fused-ring (bicyclic) bond motifs is 1. The zero-order valence-corrected chi connectivity index (χ0v) is 20.2. The van der Waals surface area contributed by atoms with Gasteiger partial charge in [-0.05, 0) is 26.0 Å². The molecule has 11 heteroatoms. The molecule has 0 spiro atoms. The molecule has 0 saturated carbocycles. The van der Waals surface area contributed by atoms with E-state index in [-0.39, 0.29) is 81.5 Å². The van der Waals surface area contributed by atoms with E-state index in [0.717, 1.165) is 0 Å². The van der Waals surface area contributed by atoms with Crippen LogP contribution in [0.1, 0.15) is 16.8 Å². The number of pyridine rings is 1. The van der Waals surface area contributed by atoms with Gasteiger partial charge in [-0.3, -0.25) is 9.97 Å².